The van der Waals surface area contributed by atoms with Gasteiger partial charge in [-0.2, -0.15) is 0 Å². The van der Waals surface area contributed by atoms with Crippen LogP contribution in [0, 0.1) is 50.2 Å². The predicted octanol–water partition coefficient (Wildman–Crippen LogP) is 3.52. The van der Waals surface area contributed by atoms with Crippen molar-refractivity contribution in [2.45, 2.75) is 174 Å². The third-order valence-electron chi connectivity index (χ3n) is 17.0. The highest BCUT2D eigenvalue weighted by molar-refractivity contribution is 5.76. The molecule has 18 atom stereocenters. The summed E-state index contributed by atoms with van der Waals surface area (Å²) in [7, 11) is 0. The molecule has 7 rings (SSSR count). The molecule has 0 aromatic rings. The number of aliphatic hydroxyl groups is 6. The number of hydrogen-bond acceptors (Lipinski definition) is 11. The lowest BCUT2D eigenvalue weighted by Crippen LogP contribution is -2.66. The molecule has 0 amide bonds. The van der Waals surface area contributed by atoms with Crippen LogP contribution in [-0.2, 0) is 23.7 Å². The van der Waals surface area contributed by atoms with E-state index in [0.717, 1.165) is 51.4 Å². The van der Waals surface area contributed by atoms with E-state index in [-0.39, 0.29) is 46.7 Å². The molecule has 5 aliphatic carbocycles. The van der Waals surface area contributed by atoms with Crippen LogP contribution in [0.3, 0.4) is 0 Å². The molecular formula is C41H66O12. The van der Waals surface area contributed by atoms with E-state index in [1.165, 1.54) is 12.5 Å². The molecule has 0 bridgehead atoms. The maximum absolute atomic E-state index is 13.0. The van der Waals surface area contributed by atoms with Gasteiger partial charge < -0.3 is 54.7 Å². The van der Waals surface area contributed by atoms with Crippen LogP contribution in [0.4, 0.5) is 0 Å². The normalized spacial score (nSPS) is 55.1. The van der Waals surface area contributed by atoms with Crippen LogP contribution in [0.25, 0.3) is 0 Å². The van der Waals surface area contributed by atoms with Gasteiger partial charge in [-0.15, -0.1) is 0 Å². The molecule has 12 nitrogen and oxygen atoms in total. The summed E-state index contributed by atoms with van der Waals surface area (Å²) in [5.74, 6) is -0.139. The third-order valence-corrected chi connectivity index (χ3v) is 17.0. The van der Waals surface area contributed by atoms with Gasteiger partial charge in [-0.05, 0) is 111 Å². The van der Waals surface area contributed by atoms with Gasteiger partial charge >= 0.3 is 5.97 Å². The summed E-state index contributed by atoms with van der Waals surface area (Å²) < 4.78 is 23.8. The molecule has 12 heteroatoms. The zero-order chi connectivity index (χ0) is 38.7. The lowest BCUT2D eigenvalue weighted by molar-refractivity contribution is -0.350. The average Bonchev–Trinajstić information content (AvgIpc) is 3.10. The van der Waals surface area contributed by atoms with Gasteiger partial charge in [-0.25, -0.2) is 0 Å². The van der Waals surface area contributed by atoms with Crippen molar-refractivity contribution in [1.82, 2.24) is 0 Å². The molecule has 0 radical (unpaired) electrons. The molecule has 6 fully saturated rings. The van der Waals surface area contributed by atoms with Gasteiger partial charge in [0.2, 0.25) is 0 Å². The van der Waals surface area contributed by atoms with Crippen molar-refractivity contribution in [2.24, 2.45) is 50.2 Å². The highest BCUT2D eigenvalue weighted by Crippen LogP contribution is 2.76. The Bertz CT molecular complexity index is 1440. The van der Waals surface area contributed by atoms with Crippen molar-refractivity contribution in [3.63, 3.8) is 0 Å². The zero-order valence-corrected chi connectivity index (χ0v) is 32.7. The number of hydrogen-bond donors (Lipinski definition) is 7. The fourth-order valence-electron chi connectivity index (χ4n) is 13.3. The van der Waals surface area contributed by atoms with E-state index in [9.17, 15) is 40.5 Å². The van der Waals surface area contributed by atoms with Crippen molar-refractivity contribution in [1.29, 1.82) is 0 Å². The highest BCUT2D eigenvalue weighted by atomic mass is 16.7. The molecule has 0 spiro atoms. The van der Waals surface area contributed by atoms with Gasteiger partial charge in [0, 0.05) is 5.41 Å². The first-order valence-electron chi connectivity index (χ1n) is 20.2. The molecule has 2 heterocycles. The summed E-state index contributed by atoms with van der Waals surface area (Å²) in [5, 5.41) is 74.8. The SMILES string of the molecule is CC1OC(OC2COC(OC3CCC4(C)C(CCC5(C)C4CC=C4C6CC(C)(C)CCC6(C(=O)O)CCC45C)C3(C)CO)C(O)C2O)C(O)C(O)C1O. The second-order valence-electron chi connectivity index (χ2n) is 20.0. The summed E-state index contributed by atoms with van der Waals surface area (Å²) in [6.07, 6.45) is -1.40. The number of rotatable bonds is 6. The topological polar surface area (TPSA) is 196 Å². The monoisotopic (exact) mass is 750 g/mol. The predicted molar refractivity (Wildman–Crippen MR) is 192 cm³/mol. The summed E-state index contributed by atoms with van der Waals surface area (Å²) in [6, 6.07) is 0. The van der Waals surface area contributed by atoms with E-state index < -0.39 is 78.2 Å². The average molecular weight is 751 g/mol. The summed E-state index contributed by atoms with van der Waals surface area (Å²) >= 11 is 0. The first kappa shape index (κ1) is 40.0. The van der Waals surface area contributed by atoms with Crippen molar-refractivity contribution in [2.75, 3.05) is 13.2 Å². The first-order chi connectivity index (χ1) is 24.7. The molecule has 302 valence electrons. The molecule has 4 saturated carbocycles. The maximum atomic E-state index is 13.0. The van der Waals surface area contributed by atoms with E-state index in [1.807, 2.05) is 0 Å². The minimum Gasteiger partial charge on any atom is -0.481 e. The quantitative estimate of drug-likeness (QED) is 0.155. The lowest BCUT2D eigenvalue weighted by atomic mass is 9.33. The second kappa shape index (κ2) is 13.5. The van der Waals surface area contributed by atoms with Gasteiger partial charge in [0.25, 0.3) is 0 Å². The van der Waals surface area contributed by atoms with Gasteiger partial charge in [-0.3, -0.25) is 4.79 Å². The van der Waals surface area contributed by atoms with E-state index in [1.54, 1.807) is 0 Å². The number of ether oxygens (including phenoxy) is 4. The number of aliphatic hydroxyl groups excluding tert-OH is 6. The summed E-state index contributed by atoms with van der Waals surface area (Å²) in [4.78, 5) is 13.0. The second-order valence-corrected chi connectivity index (χ2v) is 20.0. The molecule has 2 saturated heterocycles. The highest BCUT2D eigenvalue weighted by Gasteiger charge is 2.70. The molecule has 7 N–H and O–H groups in total. The third kappa shape index (κ3) is 5.85. The van der Waals surface area contributed by atoms with E-state index in [2.05, 4.69) is 47.6 Å². The Hall–Kier alpha value is -1.19. The molecule has 7 aliphatic rings. The number of aliphatic carboxylic acids is 1. The number of allylic oxidation sites excluding steroid dienone is 2. The molecular weight excluding hydrogens is 684 g/mol. The molecule has 0 aromatic heterocycles. The van der Waals surface area contributed by atoms with Crippen LogP contribution in [-0.4, -0.2) is 116 Å². The van der Waals surface area contributed by atoms with Crippen LogP contribution in [0.2, 0.25) is 0 Å². The standard InChI is InChI=1S/C41H66O12/c1-21-28(43)30(45)32(47)34(51-21)52-24-19-50-33(31(46)29(24)44)53-27-11-12-37(4)25(38(27,5)20-42)10-13-40(7)26(37)9-8-22-23-18-36(2,3)14-16-41(23,35(48)49)17-15-39(22,40)6/h8,21,23-34,42-47H,9-20H2,1-7H3,(H,48,49). The van der Waals surface area contributed by atoms with Gasteiger partial charge in [0.05, 0.1) is 30.8 Å². The smallest absolute Gasteiger partial charge is 0.310 e. The van der Waals surface area contributed by atoms with Crippen molar-refractivity contribution in [3.05, 3.63) is 11.6 Å². The van der Waals surface area contributed by atoms with Gasteiger partial charge in [0.15, 0.2) is 12.6 Å². The molecule has 0 aromatic carbocycles. The molecule has 53 heavy (non-hydrogen) atoms. The Morgan fingerprint density at radius 3 is 2.17 bits per heavy atom. The van der Waals surface area contributed by atoms with Gasteiger partial charge in [-0.1, -0.05) is 53.2 Å². The van der Waals surface area contributed by atoms with Gasteiger partial charge in [0.1, 0.15) is 36.6 Å². The number of carboxylic acids is 1. The van der Waals surface area contributed by atoms with Crippen LogP contribution in [0.15, 0.2) is 11.6 Å². The van der Waals surface area contributed by atoms with E-state index in [0.29, 0.717) is 18.8 Å². The summed E-state index contributed by atoms with van der Waals surface area (Å²) in [5.41, 5.74) is -0.134. The van der Waals surface area contributed by atoms with E-state index >= 15 is 0 Å². The fourth-order valence-corrected chi connectivity index (χ4v) is 13.3. The van der Waals surface area contributed by atoms with Crippen molar-refractivity contribution < 1.29 is 59.5 Å². The first-order valence-corrected chi connectivity index (χ1v) is 20.2. The molecule has 18 unspecified atom stereocenters. The fraction of sp³-hybridized carbons (Fsp3) is 0.927. The van der Waals surface area contributed by atoms with Crippen molar-refractivity contribution >= 4 is 5.97 Å². The zero-order valence-electron chi connectivity index (χ0n) is 32.7. The van der Waals surface area contributed by atoms with Crippen LogP contribution in [0.5, 0.6) is 0 Å². The number of carbonyl (C=O) groups is 1. The van der Waals surface area contributed by atoms with Crippen LogP contribution >= 0.6 is 0 Å². The molecule has 2 aliphatic heterocycles. The largest absolute Gasteiger partial charge is 0.481 e. The lowest BCUT2D eigenvalue weighted by Gasteiger charge is -2.71. The number of fused-ring (bicyclic) bond motifs is 7. The van der Waals surface area contributed by atoms with E-state index in [4.69, 9.17) is 18.9 Å². The summed E-state index contributed by atoms with van der Waals surface area (Å²) in [6.45, 7) is 15.2. The van der Waals surface area contributed by atoms with Crippen molar-refractivity contribution in [3.8, 4) is 0 Å². The Morgan fingerprint density at radius 2 is 1.49 bits per heavy atom. The minimum absolute atomic E-state index is 0.0397. The Labute approximate surface area is 314 Å². The minimum atomic E-state index is -1.57. The Morgan fingerprint density at radius 1 is 0.811 bits per heavy atom. The Balaban J connectivity index is 1.08. The van der Waals surface area contributed by atoms with Crippen LogP contribution in [0.1, 0.15) is 113 Å². The number of carboxylic acid groups (broad SMARTS) is 1. The maximum Gasteiger partial charge on any atom is 0.310 e. The Kier molecular flexibility index (Phi) is 10.2. The van der Waals surface area contributed by atoms with Crippen LogP contribution < -0.4 is 0 Å².